The molecule has 0 radical (unpaired) electrons. The lowest BCUT2D eigenvalue weighted by atomic mass is 9.79. The highest BCUT2D eigenvalue weighted by atomic mass is 79.9. The van der Waals surface area contributed by atoms with Gasteiger partial charge in [-0.1, -0.05) is 61.7 Å². The number of rotatable bonds is 1. The summed E-state index contributed by atoms with van der Waals surface area (Å²) in [5.74, 6) is 1.76. The van der Waals surface area contributed by atoms with Crippen LogP contribution in [-0.4, -0.2) is 0 Å². The van der Waals surface area contributed by atoms with Crippen LogP contribution in [0.4, 0.5) is 0 Å². The zero-order valence-electron chi connectivity index (χ0n) is 10.7. The third-order valence-corrected chi connectivity index (χ3v) is 3.89. The first-order valence-electron chi connectivity index (χ1n) is 6.51. The summed E-state index contributed by atoms with van der Waals surface area (Å²) >= 11 is 3.48. The molecule has 1 aliphatic rings. The van der Waals surface area contributed by atoms with Crippen molar-refractivity contribution in [3.8, 4) is 0 Å². The van der Waals surface area contributed by atoms with Gasteiger partial charge in [-0.15, -0.1) is 0 Å². The van der Waals surface area contributed by atoms with Crippen molar-refractivity contribution in [3.05, 3.63) is 34.3 Å². The molecular formula is C15H23Br. The molecule has 1 fully saturated rings. The van der Waals surface area contributed by atoms with Gasteiger partial charge in [0.2, 0.25) is 0 Å². The molecular weight excluding hydrogens is 260 g/mol. The Labute approximate surface area is 109 Å². The van der Waals surface area contributed by atoms with E-state index in [1.54, 1.807) is 0 Å². The summed E-state index contributed by atoms with van der Waals surface area (Å²) in [7, 11) is 0. The second kappa shape index (κ2) is 7.11. The van der Waals surface area contributed by atoms with Gasteiger partial charge in [-0.05, 0) is 42.4 Å². The Balaban J connectivity index is 0.000000606. The zero-order valence-corrected chi connectivity index (χ0v) is 12.3. The average Bonchev–Trinajstić information content (AvgIpc) is 2.34. The standard InChI is InChI=1S/C13H17Br.C2H6/c1-10-2-4-11(5-3-10)12-6-8-13(14)9-7-12;1-2/h6-11H,2-5H2,1H3;1-2H3. The average molecular weight is 283 g/mol. The van der Waals surface area contributed by atoms with Gasteiger partial charge in [-0.3, -0.25) is 0 Å². The summed E-state index contributed by atoms with van der Waals surface area (Å²) in [6, 6.07) is 8.86. The smallest absolute Gasteiger partial charge is 0.0175 e. The topological polar surface area (TPSA) is 0 Å². The monoisotopic (exact) mass is 282 g/mol. The van der Waals surface area contributed by atoms with Crippen molar-refractivity contribution < 1.29 is 0 Å². The van der Waals surface area contributed by atoms with Crippen molar-refractivity contribution in [2.75, 3.05) is 0 Å². The second-order valence-electron chi connectivity index (χ2n) is 4.51. The quantitative estimate of drug-likeness (QED) is 0.613. The SMILES string of the molecule is CC.CC1CCC(c2ccc(Br)cc2)CC1. The fourth-order valence-corrected chi connectivity index (χ4v) is 2.59. The summed E-state index contributed by atoms with van der Waals surface area (Å²) in [4.78, 5) is 0. The van der Waals surface area contributed by atoms with E-state index in [1.165, 1.54) is 35.7 Å². The highest BCUT2D eigenvalue weighted by Gasteiger charge is 2.19. The van der Waals surface area contributed by atoms with Crippen molar-refractivity contribution in [2.45, 2.75) is 52.4 Å². The Hall–Kier alpha value is -0.300. The minimum atomic E-state index is 0.819. The molecule has 1 saturated carbocycles. The van der Waals surface area contributed by atoms with Crippen LogP contribution in [0, 0.1) is 5.92 Å². The first-order chi connectivity index (χ1) is 7.75. The first kappa shape index (κ1) is 13.8. The molecule has 0 bridgehead atoms. The summed E-state index contributed by atoms with van der Waals surface area (Å²) < 4.78 is 1.19. The van der Waals surface area contributed by atoms with Crippen molar-refractivity contribution in [3.63, 3.8) is 0 Å². The molecule has 0 atom stereocenters. The molecule has 1 aromatic carbocycles. The van der Waals surface area contributed by atoms with E-state index in [2.05, 4.69) is 47.1 Å². The van der Waals surface area contributed by atoms with Crippen LogP contribution < -0.4 is 0 Å². The lowest BCUT2D eigenvalue weighted by Crippen LogP contribution is -2.10. The molecule has 0 spiro atoms. The lowest BCUT2D eigenvalue weighted by molar-refractivity contribution is 0.348. The van der Waals surface area contributed by atoms with Crippen LogP contribution in [0.5, 0.6) is 0 Å². The van der Waals surface area contributed by atoms with Gasteiger partial charge < -0.3 is 0 Å². The van der Waals surface area contributed by atoms with Crippen molar-refractivity contribution in [1.29, 1.82) is 0 Å². The van der Waals surface area contributed by atoms with E-state index < -0.39 is 0 Å². The molecule has 0 N–H and O–H groups in total. The maximum Gasteiger partial charge on any atom is 0.0175 e. The molecule has 0 saturated heterocycles. The molecule has 2 rings (SSSR count). The number of halogens is 1. The van der Waals surface area contributed by atoms with Crippen molar-refractivity contribution in [1.82, 2.24) is 0 Å². The minimum absolute atomic E-state index is 0.819. The molecule has 1 heteroatoms. The second-order valence-corrected chi connectivity index (χ2v) is 5.42. The van der Waals surface area contributed by atoms with Crippen LogP contribution >= 0.6 is 15.9 Å². The van der Waals surface area contributed by atoms with Crippen LogP contribution in [0.1, 0.15) is 57.9 Å². The molecule has 0 nitrogen and oxygen atoms in total. The number of hydrogen-bond acceptors (Lipinski definition) is 0. The van der Waals surface area contributed by atoms with Crippen molar-refractivity contribution in [2.24, 2.45) is 5.92 Å². The Kier molecular flexibility index (Phi) is 6.12. The number of benzene rings is 1. The van der Waals surface area contributed by atoms with E-state index in [0.717, 1.165) is 11.8 Å². The highest BCUT2D eigenvalue weighted by Crippen LogP contribution is 2.35. The van der Waals surface area contributed by atoms with E-state index >= 15 is 0 Å². The molecule has 16 heavy (non-hydrogen) atoms. The summed E-state index contributed by atoms with van der Waals surface area (Å²) in [5, 5.41) is 0. The molecule has 1 aliphatic carbocycles. The Morgan fingerprint density at radius 1 is 0.938 bits per heavy atom. The first-order valence-corrected chi connectivity index (χ1v) is 7.30. The highest BCUT2D eigenvalue weighted by molar-refractivity contribution is 9.10. The molecule has 0 unspecified atom stereocenters. The van der Waals surface area contributed by atoms with Gasteiger partial charge in [-0.25, -0.2) is 0 Å². The largest absolute Gasteiger partial charge is 0.0683 e. The predicted octanol–water partition coefficient (Wildman–Crippen LogP) is 5.77. The minimum Gasteiger partial charge on any atom is -0.0683 e. The fraction of sp³-hybridized carbons (Fsp3) is 0.600. The van der Waals surface area contributed by atoms with E-state index in [0.29, 0.717) is 0 Å². The molecule has 1 aromatic rings. The zero-order chi connectivity index (χ0) is 12.0. The van der Waals surface area contributed by atoms with Crippen molar-refractivity contribution >= 4 is 15.9 Å². The summed E-state index contributed by atoms with van der Waals surface area (Å²) in [6.45, 7) is 6.37. The Morgan fingerprint density at radius 2 is 1.44 bits per heavy atom. The van der Waals surface area contributed by atoms with Crippen LogP contribution in [0.25, 0.3) is 0 Å². The molecule has 0 heterocycles. The third-order valence-electron chi connectivity index (χ3n) is 3.36. The lowest BCUT2D eigenvalue weighted by Gasteiger charge is -2.26. The molecule has 0 aromatic heterocycles. The van der Waals surface area contributed by atoms with Crippen LogP contribution in [0.2, 0.25) is 0 Å². The fourth-order valence-electron chi connectivity index (χ4n) is 2.33. The summed E-state index contributed by atoms with van der Waals surface area (Å²) in [6.07, 6.45) is 5.56. The van der Waals surface area contributed by atoms with Gasteiger partial charge in [-0.2, -0.15) is 0 Å². The van der Waals surface area contributed by atoms with E-state index in [9.17, 15) is 0 Å². The van der Waals surface area contributed by atoms with Gasteiger partial charge >= 0.3 is 0 Å². The third kappa shape index (κ3) is 3.93. The van der Waals surface area contributed by atoms with Gasteiger partial charge in [0.25, 0.3) is 0 Å². The van der Waals surface area contributed by atoms with Gasteiger partial charge in [0.1, 0.15) is 0 Å². The molecule has 0 aliphatic heterocycles. The normalized spacial score (nSPS) is 24.5. The maximum atomic E-state index is 3.48. The van der Waals surface area contributed by atoms with Gasteiger partial charge in [0.15, 0.2) is 0 Å². The van der Waals surface area contributed by atoms with E-state index in [4.69, 9.17) is 0 Å². The van der Waals surface area contributed by atoms with E-state index in [-0.39, 0.29) is 0 Å². The Morgan fingerprint density at radius 3 is 1.94 bits per heavy atom. The molecule has 0 amide bonds. The Bertz CT molecular complexity index is 281. The van der Waals surface area contributed by atoms with Crippen LogP contribution in [0.15, 0.2) is 28.7 Å². The van der Waals surface area contributed by atoms with Crippen LogP contribution in [-0.2, 0) is 0 Å². The summed E-state index contributed by atoms with van der Waals surface area (Å²) in [5.41, 5.74) is 1.53. The predicted molar refractivity (Wildman–Crippen MR) is 75.9 cm³/mol. The van der Waals surface area contributed by atoms with Gasteiger partial charge in [0, 0.05) is 4.47 Å². The van der Waals surface area contributed by atoms with Crippen LogP contribution in [0.3, 0.4) is 0 Å². The van der Waals surface area contributed by atoms with E-state index in [1.807, 2.05) is 13.8 Å². The van der Waals surface area contributed by atoms with Gasteiger partial charge in [0.05, 0.1) is 0 Å². The maximum absolute atomic E-state index is 3.48. The molecule has 90 valence electrons. The number of hydrogen-bond donors (Lipinski definition) is 0.